The molecule has 0 aliphatic heterocycles. The number of amides is 1. The van der Waals surface area contributed by atoms with Crippen molar-refractivity contribution in [2.24, 2.45) is 0 Å². The molecule has 0 radical (unpaired) electrons. The Labute approximate surface area is 197 Å². The van der Waals surface area contributed by atoms with Crippen molar-refractivity contribution < 1.29 is 4.79 Å². The smallest absolute Gasteiger partial charge is 0.270 e. The molecule has 7 nitrogen and oxygen atoms in total. The van der Waals surface area contributed by atoms with E-state index < -0.39 is 0 Å². The lowest BCUT2D eigenvalue weighted by Crippen LogP contribution is -2.23. The number of nitrogens with zero attached hydrogens (tertiary/aromatic N) is 3. The molecule has 0 fully saturated rings. The van der Waals surface area contributed by atoms with Gasteiger partial charge in [-0.2, -0.15) is 0 Å². The third-order valence-corrected chi connectivity index (χ3v) is 5.69. The second-order valence-corrected chi connectivity index (χ2v) is 8.04. The average Bonchev–Trinajstić information content (AvgIpc) is 3.34. The molecule has 5 rings (SSSR count). The number of H-pyrrole nitrogens is 1. The van der Waals surface area contributed by atoms with E-state index in [0.717, 1.165) is 33.7 Å². The van der Waals surface area contributed by atoms with Gasteiger partial charge in [0.15, 0.2) is 0 Å². The Morgan fingerprint density at radius 2 is 1.74 bits per heavy atom. The molecule has 0 unspecified atom stereocenters. The van der Waals surface area contributed by atoms with Gasteiger partial charge >= 0.3 is 0 Å². The third-order valence-electron chi connectivity index (χ3n) is 5.69. The standard InChI is InChI=1S/C27H24N6O/c1-18(20-7-3-2-4-8-20)32-25-22-15-24(33-26(22)31-17-30-25)21-12-10-19(11-13-21)16-29-27(34)23-9-5-6-14-28-23/h2-15,17-18H,16H2,1H3,(H,29,34)(H2,30,31,32,33)/t18-/m1/s1. The average molecular weight is 449 g/mol. The number of benzene rings is 2. The fourth-order valence-corrected chi connectivity index (χ4v) is 3.81. The first-order chi connectivity index (χ1) is 16.7. The summed E-state index contributed by atoms with van der Waals surface area (Å²) in [6.07, 6.45) is 3.17. The number of pyridine rings is 1. The first-order valence-corrected chi connectivity index (χ1v) is 11.1. The number of anilines is 1. The number of fused-ring (bicyclic) bond motifs is 1. The minimum absolute atomic E-state index is 0.109. The van der Waals surface area contributed by atoms with Crippen molar-refractivity contribution in [2.45, 2.75) is 19.5 Å². The number of hydrogen-bond acceptors (Lipinski definition) is 5. The van der Waals surface area contributed by atoms with Crippen LogP contribution in [0.2, 0.25) is 0 Å². The van der Waals surface area contributed by atoms with Crippen molar-refractivity contribution in [3.8, 4) is 11.3 Å². The lowest BCUT2D eigenvalue weighted by molar-refractivity contribution is 0.0946. The monoisotopic (exact) mass is 448 g/mol. The van der Waals surface area contributed by atoms with E-state index in [9.17, 15) is 4.79 Å². The summed E-state index contributed by atoms with van der Waals surface area (Å²) in [6.45, 7) is 2.54. The van der Waals surface area contributed by atoms with Crippen molar-refractivity contribution in [1.29, 1.82) is 0 Å². The van der Waals surface area contributed by atoms with Crippen LogP contribution in [-0.4, -0.2) is 25.8 Å². The predicted octanol–water partition coefficient (Wildman–Crippen LogP) is 5.12. The van der Waals surface area contributed by atoms with Crippen LogP contribution in [0.4, 0.5) is 5.82 Å². The molecule has 0 aliphatic carbocycles. The van der Waals surface area contributed by atoms with Gasteiger partial charge in [-0.3, -0.25) is 9.78 Å². The lowest BCUT2D eigenvalue weighted by Gasteiger charge is -2.15. The van der Waals surface area contributed by atoms with Crippen LogP contribution in [-0.2, 0) is 6.54 Å². The molecule has 3 N–H and O–H groups in total. The van der Waals surface area contributed by atoms with Crippen LogP contribution < -0.4 is 10.6 Å². The summed E-state index contributed by atoms with van der Waals surface area (Å²) >= 11 is 0. The Bertz CT molecular complexity index is 1400. The van der Waals surface area contributed by atoms with Crippen LogP contribution in [0.1, 0.15) is 34.6 Å². The van der Waals surface area contributed by atoms with Crippen LogP contribution in [0.3, 0.4) is 0 Å². The molecule has 7 heteroatoms. The van der Waals surface area contributed by atoms with E-state index in [2.05, 4.69) is 55.7 Å². The maximum atomic E-state index is 12.2. The topological polar surface area (TPSA) is 95.6 Å². The van der Waals surface area contributed by atoms with Gasteiger partial charge in [-0.1, -0.05) is 60.7 Å². The van der Waals surface area contributed by atoms with Crippen molar-refractivity contribution in [3.63, 3.8) is 0 Å². The number of hydrogen-bond donors (Lipinski definition) is 3. The van der Waals surface area contributed by atoms with Gasteiger partial charge in [-0.05, 0) is 41.8 Å². The number of nitrogens with one attached hydrogen (secondary N) is 3. The van der Waals surface area contributed by atoms with Crippen LogP contribution in [0.15, 0.2) is 91.4 Å². The molecule has 0 saturated carbocycles. The minimum atomic E-state index is -0.191. The summed E-state index contributed by atoms with van der Waals surface area (Å²) in [7, 11) is 0. The number of aromatic nitrogens is 4. The maximum absolute atomic E-state index is 12.2. The summed E-state index contributed by atoms with van der Waals surface area (Å²) in [5.74, 6) is 0.598. The second-order valence-electron chi connectivity index (χ2n) is 8.04. The fraction of sp³-hybridized carbons (Fsp3) is 0.111. The molecule has 1 atom stereocenters. The van der Waals surface area contributed by atoms with Crippen molar-refractivity contribution in [1.82, 2.24) is 25.3 Å². The SMILES string of the molecule is C[C@@H](Nc1ncnc2[nH]c(-c3ccc(CNC(=O)c4ccccn4)cc3)cc12)c1ccccc1. The number of carbonyl (C=O) groups excluding carboxylic acids is 1. The van der Waals surface area contributed by atoms with Gasteiger partial charge in [0.1, 0.15) is 23.5 Å². The van der Waals surface area contributed by atoms with Gasteiger partial charge in [0.25, 0.3) is 5.91 Å². The van der Waals surface area contributed by atoms with Gasteiger partial charge < -0.3 is 15.6 Å². The van der Waals surface area contributed by atoms with Crippen LogP contribution in [0.5, 0.6) is 0 Å². The molecule has 0 bridgehead atoms. The van der Waals surface area contributed by atoms with Gasteiger partial charge in [0, 0.05) is 24.5 Å². The zero-order valence-corrected chi connectivity index (χ0v) is 18.7. The Balaban J connectivity index is 1.30. The van der Waals surface area contributed by atoms with E-state index in [-0.39, 0.29) is 11.9 Å². The van der Waals surface area contributed by atoms with E-state index in [1.807, 2.05) is 42.5 Å². The second kappa shape index (κ2) is 9.54. The van der Waals surface area contributed by atoms with Crippen LogP contribution in [0, 0.1) is 0 Å². The molecule has 0 saturated heterocycles. The molecule has 5 aromatic rings. The normalized spacial score (nSPS) is 11.8. The summed E-state index contributed by atoms with van der Waals surface area (Å²) in [5, 5.41) is 7.34. The Kier molecular flexibility index (Phi) is 5.99. The summed E-state index contributed by atoms with van der Waals surface area (Å²) in [5.41, 5.74) is 5.36. The van der Waals surface area contributed by atoms with Gasteiger partial charge in [-0.25, -0.2) is 9.97 Å². The molecule has 2 aromatic carbocycles. The van der Waals surface area contributed by atoms with Crippen LogP contribution >= 0.6 is 0 Å². The molecular formula is C27H24N6O. The molecular weight excluding hydrogens is 424 g/mol. The Morgan fingerprint density at radius 3 is 2.50 bits per heavy atom. The first kappa shape index (κ1) is 21.3. The van der Waals surface area contributed by atoms with Crippen molar-refractivity contribution in [2.75, 3.05) is 5.32 Å². The number of carbonyl (C=O) groups is 1. The predicted molar refractivity (Wildman–Crippen MR) is 133 cm³/mol. The molecule has 0 spiro atoms. The van der Waals surface area contributed by atoms with E-state index in [1.165, 1.54) is 5.56 Å². The molecule has 168 valence electrons. The van der Waals surface area contributed by atoms with E-state index >= 15 is 0 Å². The highest BCUT2D eigenvalue weighted by Gasteiger charge is 2.13. The molecule has 3 heterocycles. The fourth-order valence-electron chi connectivity index (χ4n) is 3.81. The van der Waals surface area contributed by atoms with Gasteiger partial charge in [0.2, 0.25) is 0 Å². The summed E-state index contributed by atoms with van der Waals surface area (Å²) < 4.78 is 0. The quantitative estimate of drug-likeness (QED) is 0.321. The minimum Gasteiger partial charge on any atom is -0.363 e. The largest absolute Gasteiger partial charge is 0.363 e. The van der Waals surface area contributed by atoms with E-state index in [0.29, 0.717) is 12.2 Å². The molecule has 3 aromatic heterocycles. The highest BCUT2D eigenvalue weighted by atomic mass is 16.1. The first-order valence-electron chi connectivity index (χ1n) is 11.1. The zero-order chi connectivity index (χ0) is 23.3. The van der Waals surface area contributed by atoms with Crippen molar-refractivity contribution >= 4 is 22.8 Å². The van der Waals surface area contributed by atoms with E-state index in [1.54, 1.807) is 30.7 Å². The van der Waals surface area contributed by atoms with Crippen molar-refractivity contribution in [3.05, 3.63) is 108 Å². The summed E-state index contributed by atoms with van der Waals surface area (Å²) in [6, 6.07) is 25.8. The lowest BCUT2D eigenvalue weighted by atomic mass is 10.1. The highest BCUT2D eigenvalue weighted by Crippen LogP contribution is 2.29. The van der Waals surface area contributed by atoms with Gasteiger partial charge in [0.05, 0.1) is 5.39 Å². The number of aromatic amines is 1. The maximum Gasteiger partial charge on any atom is 0.270 e. The zero-order valence-electron chi connectivity index (χ0n) is 18.7. The Morgan fingerprint density at radius 1 is 0.941 bits per heavy atom. The third kappa shape index (κ3) is 4.63. The number of rotatable bonds is 7. The summed E-state index contributed by atoms with van der Waals surface area (Å²) in [4.78, 5) is 28.5. The van der Waals surface area contributed by atoms with Crippen LogP contribution in [0.25, 0.3) is 22.3 Å². The highest BCUT2D eigenvalue weighted by molar-refractivity contribution is 5.92. The van der Waals surface area contributed by atoms with E-state index in [4.69, 9.17) is 0 Å². The molecule has 1 amide bonds. The Hall–Kier alpha value is -4.52. The van der Waals surface area contributed by atoms with Gasteiger partial charge in [-0.15, -0.1) is 0 Å². The molecule has 0 aliphatic rings. The molecule has 34 heavy (non-hydrogen) atoms.